The van der Waals surface area contributed by atoms with Crippen LogP contribution in [0.15, 0.2) is 29.4 Å². The molecule has 10 heteroatoms. The second-order valence-electron chi connectivity index (χ2n) is 6.51. The first kappa shape index (κ1) is 17.7. The normalized spacial score (nSPS) is 14.6. The molecular weight excluding hydrogens is 364 g/mol. The highest BCUT2D eigenvalue weighted by Gasteiger charge is 2.22. The van der Waals surface area contributed by atoms with Crippen molar-refractivity contribution in [3.05, 3.63) is 30.1 Å². The molecule has 1 aliphatic carbocycles. The standard InChI is InChI=1S/C17H20N8OS/c1-11-18-16(21-20-11)12-5-4-6-13(9-12)19-15(26)10-27-17-22-23-24-25(17)14-7-2-3-8-14/h4-6,9,14H,2-3,7-8,10H2,1H3,(H,19,26)(H,18,20,21). The highest BCUT2D eigenvalue weighted by molar-refractivity contribution is 7.99. The van der Waals surface area contributed by atoms with Gasteiger partial charge in [-0.1, -0.05) is 36.7 Å². The summed E-state index contributed by atoms with van der Waals surface area (Å²) >= 11 is 1.36. The van der Waals surface area contributed by atoms with Gasteiger partial charge in [-0.05, 0) is 42.3 Å². The highest BCUT2D eigenvalue weighted by atomic mass is 32.2. The smallest absolute Gasteiger partial charge is 0.234 e. The molecule has 0 saturated heterocycles. The molecule has 2 heterocycles. The van der Waals surface area contributed by atoms with Crippen LogP contribution < -0.4 is 5.32 Å². The number of thioether (sulfide) groups is 1. The lowest BCUT2D eigenvalue weighted by molar-refractivity contribution is -0.113. The van der Waals surface area contributed by atoms with Gasteiger partial charge in [0, 0.05) is 11.3 Å². The number of carbonyl (C=O) groups is 1. The summed E-state index contributed by atoms with van der Waals surface area (Å²) in [5.74, 6) is 1.49. The largest absolute Gasteiger partial charge is 0.325 e. The van der Waals surface area contributed by atoms with Crippen LogP contribution in [0, 0.1) is 6.92 Å². The lowest BCUT2D eigenvalue weighted by Crippen LogP contribution is -2.15. The molecule has 27 heavy (non-hydrogen) atoms. The Labute approximate surface area is 160 Å². The van der Waals surface area contributed by atoms with Gasteiger partial charge in [0.05, 0.1) is 11.8 Å². The van der Waals surface area contributed by atoms with E-state index in [-0.39, 0.29) is 11.7 Å². The zero-order chi connectivity index (χ0) is 18.6. The van der Waals surface area contributed by atoms with Crippen LogP contribution >= 0.6 is 11.8 Å². The van der Waals surface area contributed by atoms with Crippen molar-refractivity contribution in [2.75, 3.05) is 11.1 Å². The molecule has 2 N–H and O–H groups in total. The van der Waals surface area contributed by atoms with E-state index in [4.69, 9.17) is 0 Å². The average Bonchev–Trinajstić information content (AvgIpc) is 3.41. The molecule has 0 aliphatic heterocycles. The summed E-state index contributed by atoms with van der Waals surface area (Å²) in [6.07, 6.45) is 4.60. The molecular formula is C17H20N8OS. The summed E-state index contributed by atoms with van der Waals surface area (Å²) < 4.78 is 1.86. The van der Waals surface area contributed by atoms with Crippen molar-refractivity contribution in [2.45, 2.75) is 43.8 Å². The number of anilines is 1. The zero-order valence-electron chi connectivity index (χ0n) is 14.9. The van der Waals surface area contributed by atoms with E-state index in [2.05, 4.69) is 36.0 Å². The van der Waals surface area contributed by atoms with E-state index >= 15 is 0 Å². The van der Waals surface area contributed by atoms with Crippen molar-refractivity contribution in [3.8, 4) is 11.4 Å². The van der Waals surface area contributed by atoms with Crippen LogP contribution in [0.1, 0.15) is 37.5 Å². The Morgan fingerprint density at radius 1 is 1.37 bits per heavy atom. The molecule has 4 rings (SSSR count). The van der Waals surface area contributed by atoms with E-state index in [1.54, 1.807) is 0 Å². The molecule has 0 bridgehead atoms. The van der Waals surface area contributed by atoms with E-state index < -0.39 is 0 Å². The first-order valence-electron chi connectivity index (χ1n) is 8.89. The van der Waals surface area contributed by atoms with Gasteiger partial charge in [0.25, 0.3) is 0 Å². The van der Waals surface area contributed by atoms with Crippen molar-refractivity contribution in [1.82, 2.24) is 35.4 Å². The molecule has 1 aliphatic rings. The first-order chi connectivity index (χ1) is 13.2. The minimum absolute atomic E-state index is 0.107. The summed E-state index contributed by atoms with van der Waals surface area (Å²) in [4.78, 5) is 16.7. The van der Waals surface area contributed by atoms with Gasteiger partial charge in [-0.3, -0.25) is 9.89 Å². The molecule has 1 saturated carbocycles. The monoisotopic (exact) mass is 384 g/mol. The van der Waals surface area contributed by atoms with Gasteiger partial charge < -0.3 is 5.32 Å². The number of nitrogens with zero attached hydrogens (tertiary/aromatic N) is 6. The van der Waals surface area contributed by atoms with Crippen LogP contribution in [0.2, 0.25) is 0 Å². The number of aromatic amines is 1. The third-order valence-corrected chi connectivity index (χ3v) is 5.40. The van der Waals surface area contributed by atoms with Gasteiger partial charge >= 0.3 is 0 Å². The fourth-order valence-electron chi connectivity index (χ4n) is 3.19. The number of aromatic nitrogens is 7. The number of tetrazole rings is 1. The number of hydrogen-bond acceptors (Lipinski definition) is 7. The van der Waals surface area contributed by atoms with Gasteiger partial charge in [0.2, 0.25) is 11.1 Å². The maximum Gasteiger partial charge on any atom is 0.234 e. The van der Waals surface area contributed by atoms with Crippen molar-refractivity contribution >= 4 is 23.4 Å². The summed E-state index contributed by atoms with van der Waals surface area (Å²) in [5.41, 5.74) is 1.55. The SMILES string of the molecule is Cc1nc(-c2cccc(NC(=O)CSc3nnnn3C3CCCC3)c2)n[nH]1. The molecule has 0 unspecified atom stereocenters. The Bertz CT molecular complexity index is 930. The Morgan fingerprint density at radius 3 is 3.00 bits per heavy atom. The summed E-state index contributed by atoms with van der Waals surface area (Å²) in [7, 11) is 0. The number of nitrogens with one attached hydrogen (secondary N) is 2. The number of carbonyl (C=O) groups excluding carboxylic acids is 1. The number of aryl methyl sites for hydroxylation is 1. The number of rotatable bonds is 6. The lowest BCUT2D eigenvalue weighted by atomic mass is 10.2. The molecule has 0 atom stereocenters. The van der Waals surface area contributed by atoms with Crippen LogP contribution in [0.5, 0.6) is 0 Å². The van der Waals surface area contributed by atoms with E-state index in [0.29, 0.717) is 22.7 Å². The van der Waals surface area contributed by atoms with Crippen LogP contribution in [0.3, 0.4) is 0 Å². The Kier molecular flexibility index (Phi) is 5.14. The average molecular weight is 384 g/mol. The number of amides is 1. The second-order valence-corrected chi connectivity index (χ2v) is 7.45. The Morgan fingerprint density at radius 2 is 2.22 bits per heavy atom. The molecule has 0 spiro atoms. The van der Waals surface area contributed by atoms with Crippen molar-refractivity contribution in [1.29, 1.82) is 0 Å². The van der Waals surface area contributed by atoms with Crippen LogP contribution in [-0.2, 0) is 4.79 Å². The third kappa shape index (κ3) is 4.16. The molecule has 2 aromatic heterocycles. The predicted octanol–water partition coefficient (Wildman–Crippen LogP) is 2.61. The van der Waals surface area contributed by atoms with E-state index in [9.17, 15) is 4.79 Å². The van der Waals surface area contributed by atoms with Crippen LogP contribution in [-0.4, -0.2) is 47.0 Å². The fourth-order valence-corrected chi connectivity index (χ4v) is 3.94. The predicted molar refractivity (Wildman–Crippen MR) is 101 cm³/mol. The zero-order valence-corrected chi connectivity index (χ0v) is 15.7. The molecule has 1 aromatic carbocycles. The first-order valence-corrected chi connectivity index (χ1v) is 9.87. The Balaban J connectivity index is 1.37. The maximum absolute atomic E-state index is 12.3. The van der Waals surface area contributed by atoms with Crippen LogP contribution in [0.25, 0.3) is 11.4 Å². The van der Waals surface area contributed by atoms with Crippen molar-refractivity contribution in [2.24, 2.45) is 0 Å². The summed E-state index contributed by atoms with van der Waals surface area (Å²) in [6.45, 7) is 1.85. The van der Waals surface area contributed by atoms with Gasteiger partial charge in [-0.2, -0.15) is 5.10 Å². The maximum atomic E-state index is 12.3. The number of benzene rings is 1. The quantitative estimate of drug-likeness (QED) is 0.628. The van der Waals surface area contributed by atoms with Gasteiger partial charge in [-0.25, -0.2) is 9.67 Å². The Hall–Kier alpha value is -2.75. The van der Waals surface area contributed by atoms with E-state index in [0.717, 1.165) is 24.2 Å². The molecule has 1 amide bonds. The molecule has 0 radical (unpaired) electrons. The topological polar surface area (TPSA) is 114 Å². The fraction of sp³-hybridized carbons (Fsp3) is 0.412. The van der Waals surface area contributed by atoms with E-state index in [1.165, 1.54) is 24.6 Å². The molecule has 140 valence electrons. The summed E-state index contributed by atoms with van der Waals surface area (Å²) in [5, 5.41) is 22.5. The van der Waals surface area contributed by atoms with Gasteiger partial charge in [0.1, 0.15) is 5.82 Å². The van der Waals surface area contributed by atoms with Crippen molar-refractivity contribution < 1.29 is 4.79 Å². The lowest BCUT2D eigenvalue weighted by Gasteiger charge is -2.10. The van der Waals surface area contributed by atoms with Crippen LogP contribution in [0.4, 0.5) is 5.69 Å². The van der Waals surface area contributed by atoms with Gasteiger partial charge in [0.15, 0.2) is 5.82 Å². The summed E-state index contributed by atoms with van der Waals surface area (Å²) in [6, 6.07) is 7.82. The van der Waals surface area contributed by atoms with Crippen molar-refractivity contribution in [3.63, 3.8) is 0 Å². The molecule has 3 aromatic rings. The third-order valence-electron chi connectivity index (χ3n) is 4.47. The molecule has 9 nitrogen and oxygen atoms in total. The van der Waals surface area contributed by atoms with E-state index in [1.807, 2.05) is 35.9 Å². The van der Waals surface area contributed by atoms with Gasteiger partial charge in [-0.15, -0.1) is 5.10 Å². The molecule has 1 fully saturated rings. The minimum Gasteiger partial charge on any atom is -0.325 e. The number of hydrogen-bond donors (Lipinski definition) is 2. The minimum atomic E-state index is -0.107. The highest BCUT2D eigenvalue weighted by Crippen LogP contribution is 2.31. The number of H-pyrrole nitrogens is 1. The second kappa shape index (κ2) is 7.87.